The molecule has 0 radical (unpaired) electrons. The summed E-state index contributed by atoms with van der Waals surface area (Å²) in [6.07, 6.45) is 5.43. The Balaban J connectivity index is 0.00000107. The van der Waals surface area contributed by atoms with E-state index in [4.69, 9.17) is 14.6 Å². The first-order valence-electron chi connectivity index (χ1n) is 10.8. The summed E-state index contributed by atoms with van der Waals surface area (Å²) in [4.78, 5) is 25.3. The summed E-state index contributed by atoms with van der Waals surface area (Å²) in [7, 11) is 0. The fraction of sp³-hybridized carbons (Fsp3) is 0.440. The normalized spacial score (nSPS) is 15.8. The second-order valence-corrected chi connectivity index (χ2v) is 13.3. The average molecular weight is 539 g/mol. The molecule has 1 aliphatic rings. The van der Waals surface area contributed by atoms with Gasteiger partial charge in [-0.2, -0.15) is 0 Å². The van der Waals surface area contributed by atoms with Gasteiger partial charge in [-0.05, 0) is 6.92 Å². The van der Waals surface area contributed by atoms with Gasteiger partial charge in [0.2, 0.25) is 0 Å². The number of ether oxygens (including phenoxy) is 1. The van der Waals surface area contributed by atoms with E-state index in [-0.39, 0.29) is 18.4 Å². The van der Waals surface area contributed by atoms with Crippen molar-refractivity contribution in [2.75, 3.05) is 20.9 Å². The predicted molar refractivity (Wildman–Crippen MR) is 135 cm³/mol. The van der Waals surface area contributed by atoms with E-state index in [1.165, 1.54) is 32.8 Å². The van der Waals surface area contributed by atoms with Crippen molar-refractivity contribution in [3.05, 3.63) is 57.7 Å². The van der Waals surface area contributed by atoms with E-state index in [9.17, 15) is 4.79 Å². The van der Waals surface area contributed by atoms with E-state index in [0.717, 1.165) is 17.9 Å². The number of carbonyl (C=O) groups excluding carboxylic acids is 1. The number of alkyl halides is 2. The van der Waals surface area contributed by atoms with E-state index >= 15 is 0 Å². The zero-order valence-corrected chi connectivity index (χ0v) is 20.9. The summed E-state index contributed by atoms with van der Waals surface area (Å²) >= 11 is -1.05. The number of carbonyl (C=O) groups is 2. The molecule has 0 saturated carbocycles. The number of halogens is 1. The number of rotatable bonds is 9. The van der Waals surface area contributed by atoms with Gasteiger partial charge in [0.1, 0.15) is 0 Å². The molecule has 1 atom stereocenters. The minimum absolute atomic E-state index is 0.112. The van der Waals surface area contributed by atoms with Crippen molar-refractivity contribution in [2.24, 2.45) is 0 Å². The Hall–Kier alpha value is -2.09. The summed E-state index contributed by atoms with van der Waals surface area (Å²) in [5.74, 6) is 1.08. The molecule has 0 aromatic heterocycles. The molecule has 2 aromatic carbocycles. The largest absolute Gasteiger partial charge is 0.483 e. The number of hydrogen-bond donors (Lipinski definition) is 1. The number of benzene rings is 2. The summed E-state index contributed by atoms with van der Waals surface area (Å²) in [5, 5.41) is 6.89. The molecule has 0 bridgehead atoms. The molecule has 1 N–H and O–H groups in total. The first-order chi connectivity index (χ1) is 15.0. The maximum atomic E-state index is 12.5. The second-order valence-electron chi connectivity index (χ2n) is 7.65. The molecular formula is C25H34INO4. The van der Waals surface area contributed by atoms with Gasteiger partial charge in [-0.1, -0.05) is 0 Å². The Morgan fingerprint density at radius 2 is 1.77 bits per heavy atom. The summed E-state index contributed by atoms with van der Waals surface area (Å²) in [6.45, 7) is 4.62. The van der Waals surface area contributed by atoms with Crippen LogP contribution >= 0.6 is 19.8 Å². The van der Waals surface area contributed by atoms with Crippen molar-refractivity contribution in [3.63, 3.8) is 0 Å². The quantitative estimate of drug-likeness (QED) is 0.190. The first-order valence-corrected chi connectivity index (χ1v) is 15.5. The van der Waals surface area contributed by atoms with Crippen LogP contribution in [0.4, 0.5) is 5.69 Å². The maximum Gasteiger partial charge on any atom is 0.290 e. The SMILES string of the molecule is CCCCCI(C)c1ccc(N2C(=O)CCC2COc2ccc(C)cc2)cc1.O=CO. The first kappa shape index (κ1) is 25.2. The van der Waals surface area contributed by atoms with E-state index in [0.29, 0.717) is 13.0 Å². The average Bonchev–Trinajstić information content (AvgIpc) is 3.14. The molecule has 2 aromatic rings. The van der Waals surface area contributed by atoms with E-state index in [1.54, 1.807) is 0 Å². The number of amides is 1. The third-order valence-corrected chi connectivity index (χ3v) is 10.5. The predicted octanol–water partition coefficient (Wildman–Crippen LogP) is 5.77. The Morgan fingerprint density at radius 3 is 2.39 bits per heavy atom. The molecule has 6 heteroatoms. The van der Waals surface area contributed by atoms with Gasteiger partial charge in [0, 0.05) is 0 Å². The van der Waals surface area contributed by atoms with Crippen molar-refractivity contribution in [1.82, 2.24) is 0 Å². The molecule has 3 rings (SSSR count). The van der Waals surface area contributed by atoms with Crippen molar-refractivity contribution in [3.8, 4) is 5.75 Å². The fourth-order valence-electron chi connectivity index (χ4n) is 3.55. The van der Waals surface area contributed by atoms with Crippen LogP contribution in [-0.2, 0) is 9.59 Å². The monoisotopic (exact) mass is 539 g/mol. The van der Waals surface area contributed by atoms with Crippen LogP contribution in [0, 0.1) is 10.5 Å². The molecule has 1 heterocycles. The number of unbranched alkanes of at least 4 members (excludes halogenated alkanes) is 2. The van der Waals surface area contributed by atoms with Gasteiger partial charge in [0.05, 0.1) is 0 Å². The maximum absolute atomic E-state index is 12.5. The van der Waals surface area contributed by atoms with Gasteiger partial charge in [0.25, 0.3) is 6.47 Å². The number of nitrogens with zero attached hydrogens (tertiary/aromatic N) is 1. The van der Waals surface area contributed by atoms with Gasteiger partial charge in [-0.15, -0.1) is 0 Å². The van der Waals surface area contributed by atoms with Gasteiger partial charge in [-0.3, -0.25) is 4.79 Å². The molecule has 1 fully saturated rings. The summed E-state index contributed by atoms with van der Waals surface area (Å²) < 4.78 is 8.87. The van der Waals surface area contributed by atoms with Gasteiger partial charge in [0.15, 0.2) is 0 Å². The fourth-order valence-corrected chi connectivity index (χ4v) is 7.45. The van der Waals surface area contributed by atoms with Crippen molar-refractivity contribution < 1.29 is 19.4 Å². The van der Waals surface area contributed by atoms with E-state index in [2.05, 4.69) is 55.2 Å². The van der Waals surface area contributed by atoms with Crippen molar-refractivity contribution in [1.29, 1.82) is 0 Å². The number of anilines is 1. The topological polar surface area (TPSA) is 66.8 Å². The number of hydrogen-bond acceptors (Lipinski definition) is 3. The Bertz CT molecular complexity index is 807. The number of carboxylic acid groups (broad SMARTS) is 1. The smallest absolute Gasteiger partial charge is 0.290 e. The van der Waals surface area contributed by atoms with Crippen LogP contribution in [-0.4, -0.2) is 39.5 Å². The Labute approximate surface area is 193 Å². The zero-order chi connectivity index (χ0) is 22.6. The molecule has 1 saturated heterocycles. The molecule has 0 aliphatic carbocycles. The Morgan fingerprint density at radius 1 is 1.13 bits per heavy atom. The molecule has 1 unspecified atom stereocenters. The molecule has 5 nitrogen and oxygen atoms in total. The van der Waals surface area contributed by atoms with Crippen molar-refractivity contribution in [2.45, 2.75) is 52.0 Å². The third kappa shape index (κ3) is 7.83. The van der Waals surface area contributed by atoms with Gasteiger partial charge in [-0.25, -0.2) is 0 Å². The van der Waals surface area contributed by atoms with Gasteiger partial charge < -0.3 is 5.11 Å². The van der Waals surface area contributed by atoms with Crippen LogP contribution in [0.25, 0.3) is 0 Å². The third-order valence-electron chi connectivity index (χ3n) is 5.29. The second kappa shape index (κ2) is 13.3. The van der Waals surface area contributed by atoms with Crippen LogP contribution in [0.3, 0.4) is 0 Å². The molecular weight excluding hydrogens is 505 g/mol. The molecule has 0 spiro atoms. The van der Waals surface area contributed by atoms with Crippen molar-refractivity contribution >= 4 is 37.9 Å². The minimum atomic E-state index is -1.05. The number of aryl methyl sites for hydroxylation is 1. The summed E-state index contributed by atoms with van der Waals surface area (Å²) in [6, 6.07) is 17.0. The van der Waals surface area contributed by atoms with Crippen LogP contribution < -0.4 is 9.64 Å². The minimum Gasteiger partial charge on any atom is -0.483 e. The van der Waals surface area contributed by atoms with Gasteiger partial charge >= 0.3 is 170 Å². The van der Waals surface area contributed by atoms with Crippen LogP contribution in [0.1, 0.15) is 44.6 Å². The van der Waals surface area contributed by atoms with Crippen LogP contribution in [0.15, 0.2) is 48.5 Å². The van der Waals surface area contributed by atoms with E-state index < -0.39 is 19.8 Å². The standard InChI is InChI=1S/C24H32INO2.CH2O2/c1-4-5-6-17-25(3)20-9-11-21(12-10-20)26-22(13-16-24(26)27)18-28-23-14-7-19(2)8-15-23;2-1-3/h7-12,14-15,22H,4-6,13,16-18H2,1-3H3;1H,(H,2,3). The van der Waals surface area contributed by atoms with Crippen LogP contribution in [0.2, 0.25) is 0 Å². The molecule has 1 amide bonds. The molecule has 170 valence electrons. The van der Waals surface area contributed by atoms with Crippen LogP contribution in [0.5, 0.6) is 5.75 Å². The molecule has 31 heavy (non-hydrogen) atoms. The van der Waals surface area contributed by atoms with E-state index in [1.807, 2.05) is 17.0 Å². The molecule has 1 aliphatic heterocycles. The Kier molecular flexibility index (Phi) is 10.8. The summed E-state index contributed by atoms with van der Waals surface area (Å²) in [5.41, 5.74) is 2.24. The zero-order valence-electron chi connectivity index (χ0n) is 18.7.